The minimum atomic E-state index is -0.275. The zero-order valence-corrected chi connectivity index (χ0v) is 15.2. The number of ether oxygens (including phenoxy) is 1. The Kier molecular flexibility index (Phi) is 4.75. The van der Waals surface area contributed by atoms with E-state index in [1.165, 1.54) is 22.3 Å². The van der Waals surface area contributed by atoms with Gasteiger partial charge in [0, 0.05) is 17.5 Å². The van der Waals surface area contributed by atoms with Crippen molar-refractivity contribution in [3.63, 3.8) is 0 Å². The molecule has 2 aromatic rings. The number of allylic oxidation sites excluding steroid dienone is 5. The molecule has 1 N–H and O–H groups in total. The van der Waals surface area contributed by atoms with Crippen LogP contribution in [0.2, 0.25) is 0 Å². The summed E-state index contributed by atoms with van der Waals surface area (Å²) < 4.78 is 5.06. The summed E-state index contributed by atoms with van der Waals surface area (Å²) in [6.07, 6.45) is 13.2. The van der Waals surface area contributed by atoms with Gasteiger partial charge in [0.2, 0.25) is 0 Å². The van der Waals surface area contributed by atoms with Crippen molar-refractivity contribution in [3.8, 4) is 0 Å². The van der Waals surface area contributed by atoms with E-state index in [1.807, 2.05) is 55.6 Å². The lowest BCUT2D eigenvalue weighted by Gasteiger charge is -2.11. The second-order valence-electron chi connectivity index (χ2n) is 6.49. The van der Waals surface area contributed by atoms with Gasteiger partial charge in [-0.3, -0.25) is 0 Å². The quantitative estimate of drug-likeness (QED) is 0.787. The first-order valence-corrected chi connectivity index (χ1v) is 9.16. The maximum Gasteiger partial charge on any atom is 0.338 e. The molecule has 1 aliphatic heterocycles. The Labute approximate surface area is 159 Å². The fourth-order valence-electron chi connectivity index (χ4n) is 3.45. The van der Waals surface area contributed by atoms with Gasteiger partial charge in [0.15, 0.2) is 0 Å². The van der Waals surface area contributed by atoms with Crippen LogP contribution in [0.15, 0.2) is 73.0 Å². The van der Waals surface area contributed by atoms with Crippen molar-refractivity contribution in [2.24, 2.45) is 0 Å². The molecule has 0 aromatic heterocycles. The molecule has 1 aliphatic carbocycles. The first-order chi connectivity index (χ1) is 13.3. The van der Waals surface area contributed by atoms with Crippen molar-refractivity contribution < 1.29 is 9.53 Å². The molecule has 3 heteroatoms. The second kappa shape index (κ2) is 7.50. The van der Waals surface area contributed by atoms with Gasteiger partial charge in [0.1, 0.15) is 0 Å². The van der Waals surface area contributed by atoms with Crippen LogP contribution in [0, 0.1) is 0 Å². The Morgan fingerprint density at radius 1 is 1.07 bits per heavy atom. The van der Waals surface area contributed by atoms with Gasteiger partial charge in [-0.05, 0) is 66.0 Å². The molecule has 0 fully saturated rings. The van der Waals surface area contributed by atoms with Crippen molar-refractivity contribution in [3.05, 3.63) is 101 Å². The number of benzene rings is 2. The second-order valence-corrected chi connectivity index (χ2v) is 6.49. The van der Waals surface area contributed by atoms with E-state index in [4.69, 9.17) is 4.74 Å². The van der Waals surface area contributed by atoms with E-state index in [9.17, 15) is 4.79 Å². The molecule has 2 aliphatic rings. The lowest BCUT2D eigenvalue weighted by atomic mass is 10.00. The summed E-state index contributed by atoms with van der Waals surface area (Å²) in [7, 11) is 0. The summed E-state index contributed by atoms with van der Waals surface area (Å²) >= 11 is 0. The standard InChI is InChI=1S/C24H21NO2/c1-2-27-24(26)18-12-10-17(11-13-18)20-15-19-7-6-8-21(22(19)16-20)23-9-4-3-5-14-25-23/h3-14,16,25H,2,15H2,1H3. The van der Waals surface area contributed by atoms with Crippen LogP contribution in [-0.2, 0) is 11.2 Å². The van der Waals surface area contributed by atoms with Gasteiger partial charge in [-0.15, -0.1) is 0 Å². The fourth-order valence-corrected chi connectivity index (χ4v) is 3.45. The zero-order chi connectivity index (χ0) is 18.6. The third-order valence-corrected chi connectivity index (χ3v) is 4.77. The molecule has 4 rings (SSSR count). The Morgan fingerprint density at radius 2 is 1.93 bits per heavy atom. The van der Waals surface area contributed by atoms with Gasteiger partial charge < -0.3 is 10.1 Å². The Morgan fingerprint density at radius 3 is 2.74 bits per heavy atom. The Hall–Kier alpha value is -3.33. The van der Waals surface area contributed by atoms with Crippen molar-refractivity contribution in [1.82, 2.24) is 5.32 Å². The first kappa shape index (κ1) is 17.1. The molecule has 0 saturated heterocycles. The van der Waals surface area contributed by atoms with Gasteiger partial charge in [0.25, 0.3) is 0 Å². The number of esters is 1. The summed E-state index contributed by atoms with van der Waals surface area (Å²) in [6, 6.07) is 14.1. The average Bonchev–Trinajstić information content (AvgIpc) is 2.95. The molecule has 0 amide bonds. The third-order valence-electron chi connectivity index (χ3n) is 4.77. The molecule has 134 valence electrons. The van der Waals surface area contributed by atoms with Crippen LogP contribution in [0.25, 0.3) is 17.3 Å². The van der Waals surface area contributed by atoms with Crippen LogP contribution in [0.5, 0.6) is 0 Å². The minimum Gasteiger partial charge on any atom is -0.462 e. The fraction of sp³-hybridized carbons (Fsp3) is 0.125. The highest BCUT2D eigenvalue weighted by atomic mass is 16.5. The Bertz CT molecular complexity index is 992. The van der Waals surface area contributed by atoms with E-state index < -0.39 is 0 Å². The molecular weight excluding hydrogens is 334 g/mol. The largest absolute Gasteiger partial charge is 0.462 e. The van der Waals surface area contributed by atoms with E-state index in [0.717, 1.165) is 17.7 Å². The Balaban J connectivity index is 1.64. The molecular formula is C24H21NO2. The summed E-state index contributed by atoms with van der Waals surface area (Å²) in [5.74, 6) is -0.275. The van der Waals surface area contributed by atoms with Crippen LogP contribution in [0.3, 0.4) is 0 Å². The molecule has 3 nitrogen and oxygen atoms in total. The number of nitrogens with one attached hydrogen (secondary N) is 1. The van der Waals surface area contributed by atoms with E-state index in [-0.39, 0.29) is 5.97 Å². The van der Waals surface area contributed by atoms with E-state index in [2.05, 4.69) is 35.7 Å². The smallest absolute Gasteiger partial charge is 0.338 e. The zero-order valence-electron chi connectivity index (χ0n) is 15.2. The highest BCUT2D eigenvalue weighted by Crippen LogP contribution is 2.35. The number of hydrogen-bond acceptors (Lipinski definition) is 3. The predicted molar refractivity (Wildman–Crippen MR) is 110 cm³/mol. The molecule has 0 spiro atoms. The van der Waals surface area contributed by atoms with E-state index in [0.29, 0.717) is 12.2 Å². The van der Waals surface area contributed by atoms with E-state index >= 15 is 0 Å². The van der Waals surface area contributed by atoms with Crippen LogP contribution >= 0.6 is 0 Å². The van der Waals surface area contributed by atoms with Crippen molar-refractivity contribution >= 4 is 23.3 Å². The lowest BCUT2D eigenvalue weighted by Crippen LogP contribution is -2.04. The highest BCUT2D eigenvalue weighted by Gasteiger charge is 2.19. The van der Waals surface area contributed by atoms with Crippen LogP contribution in [-0.4, -0.2) is 12.6 Å². The van der Waals surface area contributed by atoms with Crippen LogP contribution in [0.4, 0.5) is 0 Å². The number of hydrogen-bond donors (Lipinski definition) is 1. The topological polar surface area (TPSA) is 38.3 Å². The summed E-state index contributed by atoms with van der Waals surface area (Å²) in [4.78, 5) is 11.8. The van der Waals surface area contributed by atoms with Crippen molar-refractivity contribution in [2.45, 2.75) is 13.3 Å². The molecule has 0 bridgehead atoms. The molecule has 1 heterocycles. The molecule has 0 radical (unpaired) electrons. The molecule has 2 aromatic carbocycles. The minimum absolute atomic E-state index is 0.275. The van der Waals surface area contributed by atoms with Gasteiger partial charge in [-0.2, -0.15) is 0 Å². The third kappa shape index (κ3) is 3.49. The molecule has 27 heavy (non-hydrogen) atoms. The number of carbonyl (C=O) groups is 1. The predicted octanol–water partition coefficient (Wildman–Crippen LogP) is 4.97. The summed E-state index contributed by atoms with van der Waals surface area (Å²) in [5.41, 5.74) is 7.83. The normalized spacial score (nSPS) is 14.7. The van der Waals surface area contributed by atoms with Crippen LogP contribution in [0.1, 0.15) is 39.5 Å². The van der Waals surface area contributed by atoms with Crippen LogP contribution < -0.4 is 5.32 Å². The molecule has 0 unspecified atom stereocenters. The maximum atomic E-state index is 11.8. The lowest BCUT2D eigenvalue weighted by molar-refractivity contribution is 0.0526. The van der Waals surface area contributed by atoms with Crippen molar-refractivity contribution in [1.29, 1.82) is 0 Å². The van der Waals surface area contributed by atoms with Crippen molar-refractivity contribution in [2.75, 3.05) is 6.61 Å². The average molecular weight is 355 g/mol. The maximum absolute atomic E-state index is 11.8. The van der Waals surface area contributed by atoms with E-state index in [1.54, 1.807) is 0 Å². The monoisotopic (exact) mass is 355 g/mol. The highest BCUT2D eigenvalue weighted by molar-refractivity contribution is 5.94. The number of fused-ring (bicyclic) bond motifs is 1. The number of rotatable bonds is 4. The summed E-state index contributed by atoms with van der Waals surface area (Å²) in [6.45, 7) is 2.20. The van der Waals surface area contributed by atoms with Gasteiger partial charge in [-0.25, -0.2) is 4.79 Å². The van der Waals surface area contributed by atoms with Gasteiger partial charge in [-0.1, -0.05) is 42.5 Å². The first-order valence-electron chi connectivity index (χ1n) is 9.16. The SMILES string of the molecule is CCOC(=O)c1ccc(C2=Cc3c(cccc3C3=CC=CC=CN3)C2)cc1. The van der Waals surface area contributed by atoms with Gasteiger partial charge in [0.05, 0.1) is 12.2 Å². The number of carbonyl (C=O) groups excluding carboxylic acids is 1. The molecule has 0 atom stereocenters. The van der Waals surface area contributed by atoms with Gasteiger partial charge >= 0.3 is 5.97 Å². The summed E-state index contributed by atoms with van der Waals surface area (Å²) in [5, 5.41) is 3.35. The molecule has 0 saturated carbocycles.